The zero-order chi connectivity index (χ0) is 21.8. The van der Waals surface area contributed by atoms with E-state index >= 15 is 0 Å². The fourth-order valence-corrected chi connectivity index (χ4v) is 4.74. The minimum atomic E-state index is -0.723. The molecule has 0 saturated heterocycles. The maximum absolute atomic E-state index is 12.1. The lowest BCUT2D eigenvalue weighted by Crippen LogP contribution is -2.31. The van der Waals surface area contributed by atoms with Crippen LogP contribution < -0.4 is 4.74 Å². The Kier molecular flexibility index (Phi) is 7.06. The number of ether oxygens (including phenoxy) is 2. The van der Waals surface area contributed by atoms with Gasteiger partial charge >= 0.3 is 11.9 Å². The first-order valence-electron chi connectivity index (χ1n) is 10.9. The van der Waals surface area contributed by atoms with Crippen LogP contribution in [-0.2, 0) is 22.6 Å². The van der Waals surface area contributed by atoms with Gasteiger partial charge in [-0.15, -0.1) is 0 Å². The van der Waals surface area contributed by atoms with Crippen LogP contribution in [-0.4, -0.2) is 29.3 Å². The Balaban J connectivity index is 1.80. The molecule has 0 bridgehead atoms. The van der Waals surface area contributed by atoms with Crippen LogP contribution >= 0.6 is 0 Å². The smallest absolute Gasteiger partial charge is 0.342 e. The molecule has 1 saturated carbocycles. The number of phenolic OH excluding ortho intramolecular Hbond substituents is 1. The van der Waals surface area contributed by atoms with E-state index in [1.165, 1.54) is 0 Å². The molecule has 0 radical (unpaired) electrons. The fourth-order valence-electron chi connectivity index (χ4n) is 4.74. The van der Waals surface area contributed by atoms with Gasteiger partial charge in [0, 0.05) is 11.1 Å². The van der Waals surface area contributed by atoms with Crippen LogP contribution in [0.15, 0.2) is 11.6 Å². The summed E-state index contributed by atoms with van der Waals surface area (Å²) in [7, 11) is 1.55. The van der Waals surface area contributed by atoms with Crippen LogP contribution in [0.4, 0.5) is 0 Å². The van der Waals surface area contributed by atoms with Crippen molar-refractivity contribution >= 4 is 11.9 Å². The standard InChI is InChI=1S/C24H32O6/c1-4-5-6-7-8-17(23(26)27)16-11-9-15(16)10-12-18-21(25)20-19(13-30-24(20)28)14(2)22(18)29-3/h10,16-17,25H,4-9,11-13H2,1-3H3,(H,26,27)/t16-,17?/m0/s1. The molecule has 164 valence electrons. The predicted octanol–water partition coefficient (Wildman–Crippen LogP) is 4.93. The van der Waals surface area contributed by atoms with Gasteiger partial charge in [-0.05, 0) is 44.1 Å². The number of carbonyl (C=O) groups excluding carboxylic acids is 1. The van der Waals surface area contributed by atoms with E-state index in [9.17, 15) is 19.8 Å². The van der Waals surface area contributed by atoms with Crippen molar-refractivity contribution in [2.45, 2.75) is 71.8 Å². The fraction of sp³-hybridized carbons (Fsp3) is 0.583. The molecule has 2 N–H and O–H groups in total. The molecule has 1 aliphatic heterocycles. The van der Waals surface area contributed by atoms with Gasteiger partial charge in [0.1, 0.15) is 23.7 Å². The number of fused-ring (bicyclic) bond motifs is 1. The lowest BCUT2D eigenvalue weighted by atomic mass is 9.69. The molecule has 1 fully saturated rings. The van der Waals surface area contributed by atoms with Gasteiger partial charge in [0.15, 0.2) is 0 Å². The predicted molar refractivity (Wildman–Crippen MR) is 113 cm³/mol. The third kappa shape index (κ3) is 4.18. The number of hydrogen-bond donors (Lipinski definition) is 2. The number of hydrogen-bond acceptors (Lipinski definition) is 5. The van der Waals surface area contributed by atoms with E-state index in [0.717, 1.165) is 49.7 Å². The summed E-state index contributed by atoms with van der Waals surface area (Å²) >= 11 is 0. The van der Waals surface area contributed by atoms with E-state index in [1.54, 1.807) is 7.11 Å². The van der Waals surface area contributed by atoms with Crippen molar-refractivity contribution in [2.75, 3.05) is 7.11 Å². The number of methoxy groups -OCH3 is 1. The summed E-state index contributed by atoms with van der Waals surface area (Å²) in [6.07, 6.45) is 9.15. The Labute approximate surface area is 177 Å². The number of esters is 1. The third-order valence-corrected chi connectivity index (χ3v) is 6.61. The molecule has 30 heavy (non-hydrogen) atoms. The topological polar surface area (TPSA) is 93.1 Å². The Morgan fingerprint density at radius 2 is 2.10 bits per heavy atom. The van der Waals surface area contributed by atoms with E-state index in [2.05, 4.69) is 6.92 Å². The monoisotopic (exact) mass is 416 g/mol. The molecule has 2 atom stereocenters. The Morgan fingerprint density at radius 1 is 1.33 bits per heavy atom. The average molecular weight is 417 g/mol. The Bertz CT molecular complexity index is 854. The maximum atomic E-state index is 12.1. The summed E-state index contributed by atoms with van der Waals surface area (Å²) in [6, 6.07) is 0. The maximum Gasteiger partial charge on any atom is 0.342 e. The second-order valence-electron chi connectivity index (χ2n) is 8.34. The van der Waals surface area contributed by atoms with Crippen molar-refractivity contribution < 1.29 is 29.3 Å². The third-order valence-electron chi connectivity index (χ3n) is 6.61. The summed E-state index contributed by atoms with van der Waals surface area (Å²) in [5, 5.41) is 20.5. The molecule has 2 aliphatic rings. The highest BCUT2D eigenvalue weighted by molar-refractivity contribution is 5.98. The van der Waals surface area contributed by atoms with Crippen molar-refractivity contribution in [1.82, 2.24) is 0 Å². The van der Waals surface area contributed by atoms with E-state index in [1.807, 2.05) is 13.0 Å². The highest BCUT2D eigenvalue weighted by Crippen LogP contribution is 2.44. The van der Waals surface area contributed by atoms with Crippen molar-refractivity contribution in [3.63, 3.8) is 0 Å². The molecular formula is C24H32O6. The molecule has 1 heterocycles. The lowest BCUT2D eigenvalue weighted by Gasteiger charge is -2.35. The van der Waals surface area contributed by atoms with Crippen LogP contribution in [0, 0.1) is 18.8 Å². The van der Waals surface area contributed by atoms with Gasteiger partial charge in [-0.25, -0.2) is 4.79 Å². The van der Waals surface area contributed by atoms with Gasteiger partial charge in [-0.1, -0.05) is 44.3 Å². The quantitative estimate of drug-likeness (QED) is 0.319. The van der Waals surface area contributed by atoms with Crippen LogP contribution in [0.5, 0.6) is 11.5 Å². The SMILES string of the molecule is CCCCCCC(C(=O)O)[C@H]1CCC1=CCc1c(O)c2c(c(C)c1OC)COC2=O. The van der Waals surface area contributed by atoms with Crippen LogP contribution in [0.25, 0.3) is 0 Å². The van der Waals surface area contributed by atoms with E-state index < -0.39 is 11.9 Å². The first-order valence-corrected chi connectivity index (χ1v) is 10.9. The van der Waals surface area contributed by atoms with Crippen LogP contribution in [0.3, 0.4) is 0 Å². The number of phenols is 1. The average Bonchev–Trinajstić information content (AvgIpc) is 3.09. The van der Waals surface area contributed by atoms with Crippen LogP contribution in [0.2, 0.25) is 0 Å². The Morgan fingerprint density at radius 3 is 2.70 bits per heavy atom. The number of carbonyl (C=O) groups is 2. The molecule has 0 spiro atoms. The number of rotatable bonds is 10. The number of benzene rings is 1. The summed E-state index contributed by atoms with van der Waals surface area (Å²) in [4.78, 5) is 23.9. The largest absolute Gasteiger partial charge is 0.507 e. The van der Waals surface area contributed by atoms with Gasteiger partial charge in [-0.2, -0.15) is 0 Å². The first-order chi connectivity index (χ1) is 14.4. The second kappa shape index (κ2) is 9.54. The number of unbranched alkanes of at least 4 members (excludes halogenated alkanes) is 3. The second-order valence-corrected chi connectivity index (χ2v) is 8.34. The van der Waals surface area contributed by atoms with Gasteiger partial charge in [0.05, 0.1) is 13.0 Å². The number of carboxylic acid groups (broad SMARTS) is 1. The number of cyclic esters (lactones) is 1. The van der Waals surface area contributed by atoms with Gasteiger partial charge in [-0.3, -0.25) is 4.79 Å². The van der Waals surface area contributed by atoms with Crippen molar-refractivity contribution in [1.29, 1.82) is 0 Å². The zero-order valence-corrected chi connectivity index (χ0v) is 18.1. The van der Waals surface area contributed by atoms with Crippen LogP contribution in [0.1, 0.15) is 78.9 Å². The normalized spacial score (nSPS) is 19.9. The molecule has 6 nitrogen and oxygen atoms in total. The van der Waals surface area contributed by atoms with Gasteiger partial charge < -0.3 is 19.7 Å². The lowest BCUT2D eigenvalue weighted by molar-refractivity contribution is -0.144. The molecule has 6 heteroatoms. The number of allylic oxidation sites excluding steroid dienone is 2. The molecule has 1 aromatic carbocycles. The Hall–Kier alpha value is -2.50. The number of carboxylic acids is 1. The molecule has 1 aliphatic carbocycles. The van der Waals surface area contributed by atoms with Crippen molar-refractivity contribution in [3.8, 4) is 11.5 Å². The first kappa shape index (κ1) is 22.2. The number of aliphatic carboxylic acids is 1. The molecule has 0 amide bonds. The molecule has 1 unspecified atom stereocenters. The molecular weight excluding hydrogens is 384 g/mol. The minimum absolute atomic E-state index is 0.0535. The van der Waals surface area contributed by atoms with E-state index in [4.69, 9.17) is 9.47 Å². The van der Waals surface area contributed by atoms with Crippen molar-refractivity contribution in [2.24, 2.45) is 11.8 Å². The summed E-state index contributed by atoms with van der Waals surface area (Å²) in [5.41, 5.74) is 3.38. The molecule has 3 rings (SSSR count). The molecule has 0 aromatic heterocycles. The summed E-state index contributed by atoms with van der Waals surface area (Å²) in [5.74, 6) is -1.06. The highest BCUT2D eigenvalue weighted by Gasteiger charge is 2.36. The highest BCUT2D eigenvalue weighted by atomic mass is 16.5. The molecule has 1 aromatic rings. The summed E-state index contributed by atoms with van der Waals surface area (Å²) < 4.78 is 10.6. The summed E-state index contributed by atoms with van der Waals surface area (Å²) in [6.45, 7) is 4.15. The van der Waals surface area contributed by atoms with E-state index in [0.29, 0.717) is 29.7 Å². The number of aromatic hydroxyl groups is 1. The van der Waals surface area contributed by atoms with E-state index in [-0.39, 0.29) is 29.8 Å². The van der Waals surface area contributed by atoms with Gasteiger partial charge in [0.25, 0.3) is 0 Å². The zero-order valence-electron chi connectivity index (χ0n) is 18.1. The van der Waals surface area contributed by atoms with Crippen molar-refractivity contribution in [3.05, 3.63) is 33.9 Å². The van der Waals surface area contributed by atoms with Gasteiger partial charge in [0.2, 0.25) is 0 Å². The minimum Gasteiger partial charge on any atom is -0.507 e.